The Labute approximate surface area is 331 Å². The summed E-state index contributed by atoms with van der Waals surface area (Å²) < 4.78 is 0. The maximum atomic E-state index is 4.98. The molecular weight excluding hydrogens is 659 g/mol. The molecule has 0 spiro atoms. The lowest BCUT2D eigenvalue weighted by molar-refractivity contribution is 1.04. The number of hydrogen-bond acceptors (Lipinski definition) is 0. The van der Waals surface area contributed by atoms with Crippen LogP contribution in [0.15, 0.2) is 208 Å². The molecule has 0 amide bonds. The Morgan fingerprint density at radius 3 is 1.51 bits per heavy atom. The molecule has 0 N–H and O–H groups in total. The predicted octanol–water partition coefficient (Wildman–Crippen LogP) is 15.5. The molecule has 0 fully saturated rings. The first kappa shape index (κ1) is 40.0. The fourth-order valence-electron chi connectivity index (χ4n) is 7.07. The largest absolute Gasteiger partial charge is 0.112 e. The Kier molecular flexibility index (Phi) is 14.8. The van der Waals surface area contributed by atoms with Crippen molar-refractivity contribution < 1.29 is 0 Å². The van der Waals surface area contributed by atoms with Gasteiger partial charge in [0, 0.05) is 0 Å². The molecule has 0 saturated carbocycles. The second-order valence-electron chi connectivity index (χ2n) is 13.1. The van der Waals surface area contributed by atoms with E-state index in [4.69, 9.17) is 7.85 Å². The van der Waals surface area contributed by atoms with Gasteiger partial charge in [-0.2, -0.15) is 0 Å². The van der Waals surface area contributed by atoms with Gasteiger partial charge in [0.2, 0.25) is 0 Å². The van der Waals surface area contributed by atoms with Crippen LogP contribution in [-0.4, -0.2) is 7.85 Å². The van der Waals surface area contributed by atoms with Gasteiger partial charge in [-0.15, -0.1) is 12.1 Å². The molecule has 5 aromatic carbocycles. The zero-order chi connectivity index (χ0) is 39.0. The van der Waals surface area contributed by atoms with E-state index < -0.39 is 0 Å². The van der Waals surface area contributed by atoms with E-state index in [1.807, 2.05) is 26.0 Å². The van der Waals surface area contributed by atoms with Gasteiger partial charge < -0.3 is 0 Å². The summed E-state index contributed by atoms with van der Waals surface area (Å²) >= 11 is 0. The lowest BCUT2D eigenvalue weighted by atomic mass is 9.81. The van der Waals surface area contributed by atoms with Gasteiger partial charge >= 0.3 is 0 Å². The van der Waals surface area contributed by atoms with Crippen molar-refractivity contribution in [1.29, 1.82) is 0 Å². The summed E-state index contributed by atoms with van der Waals surface area (Å²) in [5.74, 6) is 0. The van der Waals surface area contributed by atoms with Gasteiger partial charge in [0.25, 0.3) is 0 Å². The van der Waals surface area contributed by atoms with Gasteiger partial charge in [0.05, 0.1) is 0 Å². The number of allylic oxidation sites excluding steroid dienone is 14. The Bertz CT molecular complexity index is 2270. The van der Waals surface area contributed by atoms with Crippen LogP contribution in [0, 0.1) is 0 Å². The lowest BCUT2D eigenvalue weighted by Gasteiger charge is -2.22. The van der Waals surface area contributed by atoms with E-state index in [2.05, 4.69) is 184 Å². The van der Waals surface area contributed by atoms with Crippen molar-refractivity contribution in [3.63, 3.8) is 0 Å². The van der Waals surface area contributed by atoms with E-state index >= 15 is 0 Å². The first-order valence-electron chi connectivity index (χ1n) is 19.3. The van der Waals surface area contributed by atoms with Crippen molar-refractivity contribution in [1.82, 2.24) is 0 Å². The first-order chi connectivity index (χ1) is 27.0. The Balaban J connectivity index is 0.000000768. The average molecular weight is 711 g/mol. The minimum atomic E-state index is 0.519. The summed E-state index contributed by atoms with van der Waals surface area (Å²) in [6.45, 7) is 18.9. The molecule has 1 heteroatoms. The van der Waals surface area contributed by atoms with Crippen LogP contribution in [0.5, 0.6) is 0 Å². The van der Waals surface area contributed by atoms with Crippen LogP contribution >= 0.6 is 0 Å². The third-order valence-corrected chi connectivity index (χ3v) is 9.58. The second-order valence-corrected chi connectivity index (χ2v) is 13.1. The molecule has 0 aromatic heterocycles. The highest BCUT2D eigenvalue weighted by Crippen LogP contribution is 2.46. The fraction of sp³-hybridized carbons (Fsp3) is 0.111. The van der Waals surface area contributed by atoms with E-state index in [9.17, 15) is 0 Å². The molecule has 7 rings (SSSR count). The van der Waals surface area contributed by atoms with Gasteiger partial charge in [-0.1, -0.05) is 210 Å². The minimum absolute atomic E-state index is 0.519. The van der Waals surface area contributed by atoms with Crippen LogP contribution in [0.1, 0.15) is 56.2 Å². The predicted molar refractivity (Wildman–Crippen MR) is 246 cm³/mol. The molecule has 270 valence electrons. The van der Waals surface area contributed by atoms with Gasteiger partial charge in [0.15, 0.2) is 0 Å². The van der Waals surface area contributed by atoms with Gasteiger partial charge in [-0.3, -0.25) is 0 Å². The standard InChI is InChI=1S/C48H40.C4H5B.C2H6/c1-3-18-35(4-2)46-42(36-19-9-5-10-20-36)27-17-28-43(46)39-29-31-41(32-30-39)48-45(38-23-13-7-14-24-38)34-33-44(37-21-11-6-12-22-37)47(48)40-25-15-8-16-26-40;1-3-4(2)5;1-2/h3-4,6,8-9,11-13,15-34H,1-2,5,7,10,14H2;3H,1-2H2;1-2H3/b35-18+;;. The number of benzene rings is 5. The second kappa shape index (κ2) is 20.3. The maximum absolute atomic E-state index is 4.98. The molecule has 2 aliphatic carbocycles. The smallest absolute Gasteiger partial charge is 0.106 e. The lowest BCUT2D eigenvalue weighted by Crippen LogP contribution is -1.98. The molecule has 0 aliphatic heterocycles. The Morgan fingerprint density at radius 2 is 0.982 bits per heavy atom. The SMILES string of the molecule is C=C/C=C(\C=C)c1c(C2=CCCC=C2)cccc1-c1ccc(-c2c(C3=CCCC=C3)ccc(-c3ccccc3)c2-c2ccccc2)cc1.CC.[B]C(=C)C=C. The van der Waals surface area contributed by atoms with Crippen molar-refractivity contribution >= 4 is 24.6 Å². The van der Waals surface area contributed by atoms with Crippen LogP contribution in [0.2, 0.25) is 0 Å². The normalized spacial score (nSPS) is 13.2. The summed E-state index contributed by atoms with van der Waals surface area (Å²) in [5, 5.41) is 0. The highest BCUT2D eigenvalue weighted by atomic mass is 14.2. The highest BCUT2D eigenvalue weighted by Gasteiger charge is 2.21. The van der Waals surface area contributed by atoms with E-state index in [1.54, 1.807) is 0 Å². The maximum Gasteiger partial charge on any atom is 0.112 e. The molecular formula is C54H51B. The fourth-order valence-corrected chi connectivity index (χ4v) is 7.07. The molecule has 0 bridgehead atoms. The average Bonchev–Trinajstić information content (AvgIpc) is 3.27. The molecule has 2 aliphatic rings. The van der Waals surface area contributed by atoms with Crippen molar-refractivity contribution in [3.8, 4) is 44.5 Å². The van der Waals surface area contributed by atoms with Gasteiger partial charge in [-0.05, 0) is 104 Å². The molecule has 0 heterocycles. The van der Waals surface area contributed by atoms with Crippen LogP contribution in [0.25, 0.3) is 61.2 Å². The van der Waals surface area contributed by atoms with Crippen molar-refractivity contribution in [3.05, 3.63) is 224 Å². The summed E-state index contributed by atoms with van der Waals surface area (Å²) in [5.41, 5.74) is 17.5. The summed E-state index contributed by atoms with van der Waals surface area (Å²) in [6.07, 6.45) is 25.5. The zero-order valence-electron chi connectivity index (χ0n) is 32.5. The molecule has 5 aromatic rings. The number of hydrogen-bond donors (Lipinski definition) is 0. The van der Waals surface area contributed by atoms with Crippen molar-refractivity contribution in [2.45, 2.75) is 39.5 Å². The van der Waals surface area contributed by atoms with E-state index in [0.717, 1.165) is 31.3 Å². The third-order valence-electron chi connectivity index (χ3n) is 9.58. The highest BCUT2D eigenvalue weighted by molar-refractivity contribution is 6.22. The topological polar surface area (TPSA) is 0 Å². The van der Waals surface area contributed by atoms with Gasteiger partial charge in [0.1, 0.15) is 7.85 Å². The molecule has 0 nitrogen and oxygen atoms in total. The van der Waals surface area contributed by atoms with Crippen molar-refractivity contribution in [2.24, 2.45) is 0 Å². The summed E-state index contributed by atoms with van der Waals surface area (Å²) in [7, 11) is 4.98. The molecule has 0 saturated heterocycles. The van der Waals surface area contributed by atoms with Gasteiger partial charge in [-0.25, -0.2) is 0 Å². The summed E-state index contributed by atoms with van der Waals surface area (Å²) in [4.78, 5) is 0. The van der Waals surface area contributed by atoms with Crippen molar-refractivity contribution in [2.75, 3.05) is 0 Å². The van der Waals surface area contributed by atoms with E-state index in [1.165, 1.54) is 78.4 Å². The summed E-state index contributed by atoms with van der Waals surface area (Å²) in [6, 6.07) is 42.1. The van der Waals surface area contributed by atoms with E-state index in [-0.39, 0.29) is 0 Å². The monoisotopic (exact) mass is 710 g/mol. The molecule has 0 unspecified atom stereocenters. The molecule has 2 radical (unpaired) electrons. The number of rotatable bonds is 10. The van der Waals surface area contributed by atoms with Crippen LogP contribution in [-0.2, 0) is 0 Å². The zero-order valence-corrected chi connectivity index (χ0v) is 32.5. The van der Waals surface area contributed by atoms with Crippen LogP contribution < -0.4 is 0 Å². The Hall–Kier alpha value is -6.18. The van der Waals surface area contributed by atoms with Crippen LogP contribution in [0.3, 0.4) is 0 Å². The molecule has 55 heavy (non-hydrogen) atoms. The Morgan fingerprint density at radius 1 is 0.509 bits per heavy atom. The first-order valence-corrected chi connectivity index (χ1v) is 19.3. The quantitative estimate of drug-likeness (QED) is 0.1000. The van der Waals surface area contributed by atoms with E-state index in [0.29, 0.717) is 5.47 Å². The molecule has 0 atom stereocenters. The minimum Gasteiger partial charge on any atom is -0.106 e. The third kappa shape index (κ3) is 9.69. The van der Waals surface area contributed by atoms with Crippen LogP contribution in [0.4, 0.5) is 0 Å².